The molecule has 0 spiro atoms. The molecule has 1 aliphatic rings. The van der Waals surface area contributed by atoms with Gasteiger partial charge in [-0.05, 0) is 25.5 Å². The molecule has 0 saturated carbocycles. The second-order valence-corrected chi connectivity index (χ2v) is 5.01. The average Bonchev–Trinajstić information content (AvgIpc) is 2.83. The topological polar surface area (TPSA) is 40.5 Å². The molecule has 0 bridgehead atoms. The van der Waals surface area contributed by atoms with E-state index in [1.54, 1.807) is 11.8 Å². The number of likely N-dealkylation sites (tertiary alicyclic amines) is 1. The van der Waals surface area contributed by atoms with Crippen molar-refractivity contribution in [3.05, 3.63) is 35.4 Å². The number of rotatable bonds is 3. The number of nitrogens with zero attached hydrogens (tertiary/aromatic N) is 1. The van der Waals surface area contributed by atoms with Crippen LogP contribution in [0.4, 0.5) is 8.78 Å². The summed E-state index contributed by atoms with van der Waals surface area (Å²) in [7, 11) is 0. The van der Waals surface area contributed by atoms with Crippen molar-refractivity contribution < 1.29 is 18.7 Å². The Labute approximate surface area is 110 Å². The largest absolute Gasteiger partial charge is 0.393 e. The fraction of sp³-hybridized carbons (Fsp3) is 0.500. The fourth-order valence-electron chi connectivity index (χ4n) is 2.37. The zero-order valence-electron chi connectivity index (χ0n) is 10.8. The van der Waals surface area contributed by atoms with Gasteiger partial charge in [-0.15, -0.1) is 0 Å². The average molecular weight is 269 g/mol. The van der Waals surface area contributed by atoms with E-state index in [4.69, 9.17) is 0 Å². The van der Waals surface area contributed by atoms with Gasteiger partial charge < -0.3 is 10.0 Å². The van der Waals surface area contributed by atoms with Crippen molar-refractivity contribution in [2.45, 2.75) is 25.9 Å². The normalized spacial score (nSPS) is 20.6. The van der Waals surface area contributed by atoms with Gasteiger partial charge in [0.1, 0.15) is 11.6 Å². The van der Waals surface area contributed by atoms with Crippen LogP contribution in [0.3, 0.4) is 0 Å². The van der Waals surface area contributed by atoms with Crippen LogP contribution < -0.4 is 0 Å². The van der Waals surface area contributed by atoms with Gasteiger partial charge in [-0.3, -0.25) is 4.79 Å². The number of carbonyl (C=O) groups is 1. The third kappa shape index (κ3) is 3.10. The Bertz CT molecular complexity index is 456. The van der Waals surface area contributed by atoms with E-state index < -0.39 is 17.7 Å². The minimum Gasteiger partial charge on any atom is -0.393 e. The summed E-state index contributed by atoms with van der Waals surface area (Å²) < 4.78 is 26.9. The second-order valence-electron chi connectivity index (χ2n) is 5.01. The van der Waals surface area contributed by atoms with E-state index in [2.05, 4.69) is 0 Å². The van der Waals surface area contributed by atoms with Crippen LogP contribution in [0.15, 0.2) is 18.2 Å². The highest BCUT2D eigenvalue weighted by atomic mass is 19.1. The summed E-state index contributed by atoms with van der Waals surface area (Å²) in [5.41, 5.74) is -0.187. The quantitative estimate of drug-likeness (QED) is 0.908. The molecule has 104 valence electrons. The van der Waals surface area contributed by atoms with E-state index in [0.717, 1.165) is 18.6 Å². The number of amides is 1. The monoisotopic (exact) mass is 269 g/mol. The van der Waals surface area contributed by atoms with Crippen LogP contribution in [0.1, 0.15) is 18.9 Å². The summed E-state index contributed by atoms with van der Waals surface area (Å²) in [5.74, 6) is -1.64. The Morgan fingerprint density at radius 1 is 1.47 bits per heavy atom. The fourth-order valence-corrected chi connectivity index (χ4v) is 2.37. The minimum atomic E-state index is -0.695. The molecule has 1 aromatic rings. The van der Waals surface area contributed by atoms with Gasteiger partial charge >= 0.3 is 0 Å². The highest BCUT2D eigenvalue weighted by Gasteiger charge is 2.29. The van der Waals surface area contributed by atoms with Crippen molar-refractivity contribution in [2.24, 2.45) is 5.92 Å². The van der Waals surface area contributed by atoms with Crippen molar-refractivity contribution in [1.82, 2.24) is 4.90 Å². The van der Waals surface area contributed by atoms with Gasteiger partial charge in [-0.1, -0.05) is 6.07 Å². The number of hydrogen-bond donors (Lipinski definition) is 1. The van der Waals surface area contributed by atoms with Crippen molar-refractivity contribution >= 4 is 5.91 Å². The molecule has 2 atom stereocenters. The summed E-state index contributed by atoms with van der Waals surface area (Å²) in [6.45, 7) is 2.67. The van der Waals surface area contributed by atoms with Gasteiger partial charge in [0, 0.05) is 24.6 Å². The van der Waals surface area contributed by atoms with E-state index in [-0.39, 0.29) is 23.8 Å². The maximum atomic E-state index is 13.5. The van der Waals surface area contributed by atoms with Crippen LogP contribution in [0, 0.1) is 17.6 Å². The molecule has 3 nitrogen and oxygen atoms in total. The van der Waals surface area contributed by atoms with Gasteiger partial charge in [0.05, 0.1) is 12.5 Å². The molecule has 1 heterocycles. The van der Waals surface area contributed by atoms with Crippen LogP contribution in [0.25, 0.3) is 0 Å². The summed E-state index contributed by atoms with van der Waals surface area (Å²) in [5, 5.41) is 9.47. The molecule has 19 heavy (non-hydrogen) atoms. The van der Waals surface area contributed by atoms with Crippen LogP contribution in [-0.4, -0.2) is 35.1 Å². The number of benzene rings is 1. The number of halogens is 2. The first-order valence-electron chi connectivity index (χ1n) is 6.37. The van der Waals surface area contributed by atoms with Crippen molar-refractivity contribution in [3.63, 3.8) is 0 Å². The Kier molecular flexibility index (Phi) is 4.14. The van der Waals surface area contributed by atoms with Gasteiger partial charge in [-0.2, -0.15) is 0 Å². The molecule has 5 heteroatoms. The zero-order valence-corrected chi connectivity index (χ0v) is 10.8. The maximum Gasteiger partial charge on any atom is 0.227 e. The first-order chi connectivity index (χ1) is 8.99. The standard InChI is InChI=1S/C14H17F2NO2/c1-9(18)10-5-6-17(8-10)14(19)7-11-12(15)3-2-4-13(11)16/h2-4,9-10,18H,5-8H2,1H3. The Hall–Kier alpha value is -1.49. The highest BCUT2D eigenvalue weighted by Crippen LogP contribution is 2.21. The molecule has 1 N–H and O–H groups in total. The third-order valence-electron chi connectivity index (χ3n) is 3.65. The molecule has 0 radical (unpaired) electrons. The molecule has 0 aliphatic carbocycles. The van der Waals surface area contributed by atoms with Gasteiger partial charge in [0.2, 0.25) is 5.91 Å². The number of aliphatic hydroxyl groups excluding tert-OH is 1. The van der Waals surface area contributed by atoms with Gasteiger partial charge in [-0.25, -0.2) is 8.78 Å². The maximum absolute atomic E-state index is 13.5. The van der Waals surface area contributed by atoms with E-state index in [0.29, 0.717) is 13.1 Å². The summed E-state index contributed by atoms with van der Waals surface area (Å²) in [4.78, 5) is 13.6. The molecule has 1 fully saturated rings. The van der Waals surface area contributed by atoms with E-state index in [1.807, 2.05) is 0 Å². The molecule has 1 saturated heterocycles. The van der Waals surface area contributed by atoms with E-state index in [9.17, 15) is 18.7 Å². The lowest BCUT2D eigenvalue weighted by Crippen LogP contribution is -2.32. The van der Waals surface area contributed by atoms with E-state index >= 15 is 0 Å². The van der Waals surface area contributed by atoms with Gasteiger partial charge in [0.25, 0.3) is 0 Å². The second kappa shape index (κ2) is 5.65. The molecule has 1 aromatic carbocycles. The zero-order chi connectivity index (χ0) is 14.0. The van der Waals surface area contributed by atoms with Crippen molar-refractivity contribution in [2.75, 3.05) is 13.1 Å². The van der Waals surface area contributed by atoms with Crippen LogP contribution in [0.2, 0.25) is 0 Å². The molecule has 2 unspecified atom stereocenters. The summed E-state index contributed by atoms with van der Waals surface area (Å²) >= 11 is 0. The first-order valence-corrected chi connectivity index (χ1v) is 6.37. The van der Waals surface area contributed by atoms with Gasteiger partial charge in [0.15, 0.2) is 0 Å². The number of carbonyl (C=O) groups excluding carboxylic acids is 1. The van der Waals surface area contributed by atoms with Crippen LogP contribution in [-0.2, 0) is 11.2 Å². The molecular formula is C14H17F2NO2. The molecule has 0 aromatic heterocycles. The SMILES string of the molecule is CC(O)C1CCN(C(=O)Cc2c(F)cccc2F)C1. The molecule has 1 amide bonds. The highest BCUT2D eigenvalue weighted by molar-refractivity contribution is 5.79. The lowest BCUT2D eigenvalue weighted by atomic mass is 10.0. The summed E-state index contributed by atoms with van der Waals surface area (Å²) in [6.07, 6.45) is -0.0169. The number of aliphatic hydroxyl groups is 1. The van der Waals surface area contributed by atoms with Crippen LogP contribution >= 0.6 is 0 Å². The predicted molar refractivity (Wildman–Crippen MR) is 66.4 cm³/mol. The van der Waals surface area contributed by atoms with Crippen LogP contribution in [0.5, 0.6) is 0 Å². The molecule has 2 rings (SSSR count). The lowest BCUT2D eigenvalue weighted by Gasteiger charge is -2.18. The molecular weight excluding hydrogens is 252 g/mol. The van der Waals surface area contributed by atoms with E-state index in [1.165, 1.54) is 6.07 Å². The minimum absolute atomic E-state index is 0.0504. The Balaban J connectivity index is 2.02. The third-order valence-corrected chi connectivity index (χ3v) is 3.65. The first kappa shape index (κ1) is 13.9. The summed E-state index contributed by atoms with van der Waals surface area (Å²) in [6, 6.07) is 3.57. The van der Waals surface area contributed by atoms with Crippen molar-refractivity contribution in [3.8, 4) is 0 Å². The predicted octanol–water partition coefficient (Wildman–Crippen LogP) is 1.74. The Morgan fingerprint density at radius 3 is 2.63 bits per heavy atom. The Morgan fingerprint density at radius 2 is 2.11 bits per heavy atom. The number of hydrogen-bond acceptors (Lipinski definition) is 2. The lowest BCUT2D eigenvalue weighted by molar-refractivity contribution is -0.129. The molecule has 1 aliphatic heterocycles. The van der Waals surface area contributed by atoms with Crippen molar-refractivity contribution in [1.29, 1.82) is 0 Å². The smallest absolute Gasteiger partial charge is 0.227 e.